The van der Waals surface area contributed by atoms with Crippen molar-refractivity contribution in [3.8, 4) is 17.0 Å². The van der Waals surface area contributed by atoms with E-state index in [1.165, 1.54) is 5.56 Å². The Kier molecular flexibility index (Phi) is 5.93. The minimum absolute atomic E-state index is 0.341. The molecular formula is C24H29N5O. The van der Waals surface area contributed by atoms with E-state index in [0.717, 1.165) is 65.9 Å². The topological polar surface area (TPSA) is 72.8 Å². The van der Waals surface area contributed by atoms with Crippen LogP contribution in [0.25, 0.3) is 11.3 Å². The van der Waals surface area contributed by atoms with E-state index >= 15 is 0 Å². The molecule has 0 fully saturated rings. The number of aryl methyl sites for hydroxylation is 3. The lowest BCUT2D eigenvalue weighted by Gasteiger charge is -2.27. The summed E-state index contributed by atoms with van der Waals surface area (Å²) in [6.07, 6.45) is 5.49. The van der Waals surface area contributed by atoms with Crippen LogP contribution in [0.4, 0.5) is 5.82 Å². The van der Waals surface area contributed by atoms with Crippen LogP contribution >= 0.6 is 0 Å². The Morgan fingerprint density at radius 3 is 2.73 bits per heavy atom. The Morgan fingerprint density at radius 2 is 1.93 bits per heavy atom. The molecule has 4 rings (SSSR count). The summed E-state index contributed by atoms with van der Waals surface area (Å²) in [4.78, 5) is 17.8. The van der Waals surface area contributed by atoms with Crippen molar-refractivity contribution in [1.29, 1.82) is 0 Å². The maximum Gasteiger partial charge on any atom is 0.144 e. The van der Waals surface area contributed by atoms with Gasteiger partial charge in [-0.05, 0) is 56.7 Å². The molecule has 0 saturated heterocycles. The maximum atomic E-state index is 6.01. The number of hydrogen-bond donors (Lipinski definition) is 1. The van der Waals surface area contributed by atoms with Gasteiger partial charge in [0.2, 0.25) is 0 Å². The molecule has 1 N–H and O–H groups in total. The van der Waals surface area contributed by atoms with Crippen molar-refractivity contribution in [2.45, 2.75) is 46.5 Å². The minimum Gasteiger partial charge on any atom is -0.491 e. The first-order valence-corrected chi connectivity index (χ1v) is 10.6. The highest BCUT2D eigenvalue weighted by Gasteiger charge is 2.24. The van der Waals surface area contributed by atoms with E-state index in [9.17, 15) is 0 Å². The minimum atomic E-state index is 0.341. The predicted octanol–water partition coefficient (Wildman–Crippen LogP) is 4.73. The van der Waals surface area contributed by atoms with Gasteiger partial charge in [0.1, 0.15) is 17.9 Å². The third-order valence-electron chi connectivity index (χ3n) is 5.83. The zero-order chi connectivity index (χ0) is 21.1. The molecule has 0 spiro atoms. The average Bonchev–Trinajstić information content (AvgIpc) is 2.77. The largest absolute Gasteiger partial charge is 0.491 e. The standard InChI is InChI=1S/C24H29N5O/c1-15(18(4)20-10-17(3)29-21-6-5-9-30-24(20)21)12-26-23-11-22(27-14-28-23)19-8-7-16(2)25-13-19/h7-8,10-11,13-15,18H,5-6,9,12H2,1-4H3,(H,26,27,28)/t15-,18?/m1/s1. The molecular weight excluding hydrogens is 374 g/mol. The molecule has 1 unspecified atom stereocenters. The lowest BCUT2D eigenvalue weighted by Crippen LogP contribution is -2.20. The van der Waals surface area contributed by atoms with Gasteiger partial charge in [-0.3, -0.25) is 9.97 Å². The number of ether oxygens (including phenoxy) is 1. The molecule has 0 radical (unpaired) electrons. The van der Waals surface area contributed by atoms with Crippen molar-refractivity contribution in [3.05, 3.63) is 59.4 Å². The fourth-order valence-corrected chi connectivity index (χ4v) is 3.82. The van der Waals surface area contributed by atoms with Crippen LogP contribution in [-0.2, 0) is 6.42 Å². The Bertz CT molecular complexity index is 1020. The number of aromatic nitrogens is 4. The lowest BCUT2D eigenvalue weighted by molar-refractivity contribution is 0.277. The second-order valence-corrected chi connectivity index (χ2v) is 8.20. The van der Waals surface area contributed by atoms with Crippen molar-refractivity contribution in [1.82, 2.24) is 19.9 Å². The molecule has 3 aromatic heterocycles. The molecule has 156 valence electrons. The second-order valence-electron chi connectivity index (χ2n) is 8.20. The third-order valence-corrected chi connectivity index (χ3v) is 5.83. The van der Waals surface area contributed by atoms with Gasteiger partial charge in [-0.15, -0.1) is 0 Å². The molecule has 0 aliphatic carbocycles. The van der Waals surface area contributed by atoms with Gasteiger partial charge in [0.15, 0.2) is 0 Å². The molecule has 0 bridgehead atoms. The van der Waals surface area contributed by atoms with Crippen LogP contribution in [0.2, 0.25) is 0 Å². The molecule has 30 heavy (non-hydrogen) atoms. The molecule has 0 aromatic carbocycles. The summed E-state index contributed by atoms with van der Waals surface area (Å²) in [6.45, 7) is 10.2. The Morgan fingerprint density at radius 1 is 1.07 bits per heavy atom. The highest BCUT2D eigenvalue weighted by Crippen LogP contribution is 2.36. The van der Waals surface area contributed by atoms with E-state index in [0.29, 0.717) is 11.8 Å². The van der Waals surface area contributed by atoms with Crippen LogP contribution < -0.4 is 10.1 Å². The summed E-state index contributed by atoms with van der Waals surface area (Å²) in [5.41, 5.74) is 6.28. The van der Waals surface area contributed by atoms with Gasteiger partial charge in [-0.1, -0.05) is 13.8 Å². The summed E-state index contributed by atoms with van der Waals surface area (Å²) < 4.78 is 6.01. The van der Waals surface area contributed by atoms with Gasteiger partial charge in [-0.2, -0.15) is 0 Å². The van der Waals surface area contributed by atoms with Gasteiger partial charge in [0.05, 0.1) is 18.0 Å². The Hall–Kier alpha value is -3.02. The number of pyridine rings is 2. The van der Waals surface area contributed by atoms with Crippen LogP contribution in [0.15, 0.2) is 36.8 Å². The number of fused-ring (bicyclic) bond motifs is 1. The quantitative estimate of drug-likeness (QED) is 0.642. The van der Waals surface area contributed by atoms with Gasteiger partial charge in [-0.25, -0.2) is 9.97 Å². The number of rotatable bonds is 6. The Balaban J connectivity index is 1.46. The van der Waals surface area contributed by atoms with Gasteiger partial charge in [0, 0.05) is 41.3 Å². The fourth-order valence-electron chi connectivity index (χ4n) is 3.82. The van der Waals surface area contributed by atoms with E-state index in [1.54, 1.807) is 6.33 Å². The predicted molar refractivity (Wildman–Crippen MR) is 119 cm³/mol. The van der Waals surface area contributed by atoms with E-state index in [1.807, 2.05) is 31.3 Å². The summed E-state index contributed by atoms with van der Waals surface area (Å²) in [7, 11) is 0. The van der Waals surface area contributed by atoms with Crippen molar-refractivity contribution >= 4 is 5.82 Å². The van der Waals surface area contributed by atoms with Crippen molar-refractivity contribution < 1.29 is 4.74 Å². The normalized spacial score (nSPS) is 15.1. The molecule has 0 amide bonds. The van der Waals surface area contributed by atoms with E-state index < -0.39 is 0 Å². The van der Waals surface area contributed by atoms with Crippen LogP contribution in [0.5, 0.6) is 5.75 Å². The summed E-state index contributed by atoms with van der Waals surface area (Å²) in [5, 5.41) is 3.48. The van der Waals surface area contributed by atoms with E-state index in [2.05, 4.69) is 47.1 Å². The number of hydrogen-bond acceptors (Lipinski definition) is 6. The van der Waals surface area contributed by atoms with Crippen molar-refractivity contribution in [3.63, 3.8) is 0 Å². The summed E-state index contributed by atoms with van der Waals surface area (Å²) in [6, 6.07) is 8.19. The highest BCUT2D eigenvalue weighted by molar-refractivity contribution is 5.61. The highest BCUT2D eigenvalue weighted by atomic mass is 16.5. The molecule has 6 heteroatoms. The van der Waals surface area contributed by atoms with Crippen LogP contribution in [0.1, 0.15) is 48.8 Å². The number of nitrogens with one attached hydrogen (secondary N) is 1. The van der Waals surface area contributed by atoms with Crippen LogP contribution in [-0.4, -0.2) is 33.1 Å². The van der Waals surface area contributed by atoms with Crippen molar-refractivity contribution in [2.75, 3.05) is 18.5 Å². The molecule has 0 saturated carbocycles. The molecule has 2 atom stereocenters. The average molecular weight is 404 g/mol. The zero-order valence-corrected chi connectivity index (χ0v) is 18.1. The van der Waals surface area contributed by atoms with Gasteiger partial charge in [0.25, 0.3) is 0 Å². The fraction of sp³-hybridized carbons (Fsp3) is 0.417. The first kappa shape index (κ1) is 20.3. The summed E-state index contributed by atoms with van der Waals surface area (Å²) >= 11 is 0. The van der Waals surface area contributed by atoms with E-state index in [-0.39, 0.29) is 0 Å². The smallest absolute Gasteiger partial charge is 0.144 e. The third kappa shape index (κ3) is 4.42. The monoisotopic (exact) mass is 403 g/mol. The molecule has 4 heterocycles. The lowest BCUT2D eigenvalue weighted by atomic mass is 9.87. The molecule has 1 aliphatic heterocycles. The van der Waals surface area contributed by atoms with Crippen LogP contribution in [0, 0.1) is 19.8 Å². The van der Waals surface area contributed by atoms with Gasteiger partial charge >= 0.3 is 0 Å². The first-order chi connectivity index (χ1) is 14.5. The SMILES string of the molecule is Cc1ccc(-c2cc(NC[C@@H](C)C(C)c3cc(C)nc4c3OCCC4)ncn2)cn1. The maximum absolute atomic E-state index is 6.01. The van der Waals surface area contributed by atoms with Crippen LogP contribution in [0.3, 0.4) is 0 Å². The number of anilines is 1. The van der Waals surface area contributed by atoms with Gasteiger partial charge < -0.3 is 10.1 Å². The molecule has 1 aliphatic rings. The number of nitrogens with zero attached hydrogens (tertiary/aromatic N) is 4. The zero-order valence-electron chi connectivity index (χ0n) is 18.1. The first-order valence-electron chi connectivity index (χ1n) is 10.6. The van der Waals surface area contributed by atoms with E-state index in [4.69, 9.17) is 9.72 Å². The molecule has 6 nitrogen and oxygen atoms in total. The second kappa shape index (κ2) is 8.78. The molecule has 3 aromatic rings. The summed E-state index contributed by atoms with van der Waals surface area (Å²) in [5.74, 6) is 2.56. The van der Waals surface area contributed by atoms with Crippen molar-refractivity contribution in [2.24, 2.45) is 5.92 Å². The Labute approximate surface area is 178 Å².